The molecule has 4 rings (SSSR count). The number of benzene rings is 1. The Morgan fingerprint density at radius 1 is 1.19 bits per heavy atom. The van der Waals surface area contributed by atoms with E-state index in [1.54, 1.807) is 0 Å². The summed E-state index contributed by atoms with van der Waals surface area (Å²) in [5, 5.41) is 15.3. The first kappa shape index (κ1) is 17.6. The van der Waals surface area contributed by atoms with Gasteiger partial charge in [-0.1, -0.05) is 0 Å². The monoisotopic (exact) mass is 379 g/mol. The third-order valence-electron chi connectivity index (χ3n) is 5.05. The lowest BCUT2D eigenvalue weighted by molar-refractivity contribution is -0.143. The molecule has 2 fully saturated rings. The first-order valence-electron chi connectivity index (χ1n) is 8.55. The van der Waals surface area contributed by atoms with Crippen LogP contribution in [0.2, 0.25) is 0 Å². The van der Waals surface area contributed by atoms with E-state index in [0.717, 1.165) is 6.42 Å². The van der Waals surface area contributed by atoms with Gasteiger partial charge in [0, 0.05) is 11.6 Å². The first-order chi connectivity index (χ1) is 12.8. The fourth-order valence-electron chi connectivity index (χ4n) is 3.46. The average molecular weight is 379 g/mol. The normalized spacial score (nSPS) is 21.7. The molecule has 0 spiro atoms. The molecule has 0 aliphatic heterocycles. The number of aromatic carboxylic acids is 1. The van der Waals surface area contributed by atoms with Crippen LogP contribution < -0.4 is 5.32 Å². The van der Waals surface area contributed by atoms with Crippen molar-refractivity contribution >= 4 is 17.6 Å². The van der Waals surface area contributed by atoms with Gasteiger partial charge in [-0.15, -0.1) is 0 Å². The van der Waals surface area contributed by atoms with Gasteiger partial charge in [-0.3, -0.25) is 4.79 Å². The first-order valence-corrected chi connectivity index (χ1v) is 8.55. The van der Waals surface area contributed by atoms with Crippen LogP contribution in [0.4, 0.5) is 18.9 Å². The van der Waals surface area contributed by atoms with Crippen LogP contribution in [-0.4, -0.2) is 26.8 Å². The van der Waals surface area contributed by atoms with Crippen LogP contribution in [0.5, 0.6) is 0 Å². The highest BCUT2D eigenvalue weighted by molar-refractivity contribution is 5.94. The van der Waals surface area contributed by atoms with Gasteiger partial charge in [0.1, 0.15) is 5.56 Å². The minimum atomic E-state index is -4.87. The Balaban J connectivity index is 1.52. The largest absolute Gasteiger partial charge is 0.478 e. The van der Waals surface area contributed by atoms with Gasteiger partial charge in [0.05, 0.1) is 11.9 Å². The van der Waals surface area contributed by atoms with Crippen molar-refractivity contribution in [2.24, 2.45) is 17.8 Å². The highest BCUT2D eigenvalue weighted by Gasteiger charge is 2.51. The second-order valence-corrected chi connectivity index (χ2v) is 7.00. The molecule has 0 saturated heterocycles. The van der Waals surface area contributed by atoms with Crippen LogP contribution >= 0.6 is 0 Å². The number of anilines is 1. The fourth-order valence-corrected chi connectivity index (χ4v) is 3.46. The van der Waals surface area contributed by atoms with Crippen molar-refractivity contribution in [3.63, 3.8) is 0 Å². The van der Waals surface area contributed by atoms with Crippen molar-refractivity contribution < 1.29 is 27.9 Å². The van der Waals surface area contributed by atoms with E-state index in [-0.39, 0.29) is 17.5 Å². The number of nitrogens with one attached hydrogen (secondary N) is 1. The molecule has 0 bridgehead atoms. The van der Waals surface area contributed by atoms with Crippen molar-refractivity contribution in [1.29, 1.82) is 0 Å². The third kappa shape index (κ3) is 3.41. The number of carbonyl (C=O) groups excluding carboxylic acids is 1. The highest BCUT2D eigenvalue weighted by Crippen LogP contribution is 2.54. The summed E-state index contributed by atoms with van der Waals surface area (Å²) in [5.74, 6) is -0.600. The van der Waals surface area contributed by atoms with Gasteiger partial charge in [-0.25, -0.2) is 9.48 Å². The lowest BCUT2D eigenvalue weighted by atomic mass is 10.2. The van der Waals surface area contributed by atoms with Gasteiger partial charge in [0.25, 0.3) is 0 Å². The molecule has 1 aromatic carbocycles. The van der Waals surface area contributed by atoms with Gasteiger partial charge in [-0.2, -0.15) is 18.3 Å². The maximum absolute atomic E-state index is 13.3. The summed E-state index contributed by atoms with van der Waals surface area (Å²) in [7, 11) is 0. The molecule has 6 nitrogen and oxygen atoms in total. The van der Waals surface area contributed by atoms with Crippen LogP contribution in [0.25, 0.3) is 5.69 Å². The number of hydrogen-bond acceptors (Lipinski definition) is 3. The van der Waals surface area contributed by atoms with E-state index in [1.165, 1.54) is 37.1 Å². The maximum Gasteiger partial charge on any atom is 0.434 e. The summed E-state index contributed by atoms with van der Waals surface area (Å²) in [6.07, 6.45) is -0.929. The predicted octanol–water partition coefficient (Wildman–Crippen LogP) is 3.57. The summed E-state index contributed by atoms with van der Waals surface area (Å²) in [6, 6.07) is 5.66. The zero-order chi connectivity index (χ0) is 19.3. The van der Waals surface area contributed by atoms with E-state index in [4.69, 9.17) is 5.11 Å². The van der Waals surface area contributed by atoms with Gasteiger partial charge < -0.3 is 10.4 Å². The van der Waals surface area contributed by atoms with E-state index in [2.05, 4.69) is 10.4 Å². The molecule has 1 heterocycles. The number of amides is 1. The van der Waals surface area contributed by atoms with Crippen LogP contribution in [0.15, 0.2) is 30.5 Å². The SMILES string of the molecule is O=C(O)c1cnn(-c2ccc(NC(=O)C3CC3C3CC3)cc2)c1C(F)(F)F. The Bertz CT molecular complexity index is 901. The molecule has 2 aromatic rings. The van der Waals surface area contributed by atoms with E-state index in [1.807, 2.05) is 0 Å². The standard InChI is InChI=1S/C18H16F3N3O3/c19-18(20,21)15-14(17(26)27)8-22-24(15)11-5-3-10(4-6-11)23-16(25)13-7-12(13)9-1-2-9/h3-6,8-9,12-13H,1-2,7H2,(H,23,25)(H,26,27). The lowest BCUT2D eigenvalue weighted by Crippen LogP contribution is -2.17. The minimum absolute atomic E-state index is 0.0262. The van der Waals surface area contributed by atoms with Crippen molar-refractivity contribution in [3.05, 3.63) is 41.7 Å². The highest BCUT2D eigenvalue weighted by atomic mass is 19.4. The molecular formula is C18H16F3N3O3. The van der Waals surface area contributed by atoms with Crippen LogP contribution in [0.3, 0.4) is 0 Å². The number of carbonyl (C=O) groups is 2. The topological polar surface area (TPSA) is 84.2 Å². The summed E-state index contributed by atoms with van der Waals surface area (Å²) in [5.41, 5.74) is -1.74. The van der Waals surface area contributed by atoms with E-state index in [0.29, 0.717) is 28.4 Å². The summed E-state index contributed by atoms with van der Waals surface area (Å²) >= 11 is 0. The molecule has 2 saturated carbocycles. The number of hydrogen-bond donors (Lipinski definition) is 2. The van der Waals surface area contributed by atoms with Crippen molar-refractivity contribution in [1.82, 2.24) is 9.78 Å². The summed E-state index contributed by atoms with van der Waals surface area (Å²) in [4.78, 5) is 23.2. The van der Waals surface area contributed by atoms with E-state index in [9.17, 15) is 22.8 Å². The van der Waals surface area contributed by atoms with Crippen LogP contribution in [0.1, 0.15) is 35.3 Å². The minimum Gasteiger partial charge on any atom is -0.478 e. The number of carboxylic acids is 1. The van der Waals surface area contributed by atoms with Gasteiger partial charge >= 0.3 is 12.1 Å². The van der Waals surface area contributed by atoms with Crippen molar-refractivity contribution in [3.8, 4) is 5.69 Å². The molecule has 2 aliphatic rings. The number of halogens is 3. The Morgan fingerprint density at radius 2 is 1.85 bits per heavy atom. The molecule has 1 amide bonds. The van der Waals surface area contributed by atoms with E-state index < -0.39 is 23.4 Å². The van der Waals surface area contributed by atoms with Gasteiger partial charge in [0.15, 0.2) is 5.69 Å². The zero-order valence-electron chi connectivity index (χ0n) is 14.0. The third-order valence-corrected chi connectivity index (χ3v) is 5.05. The van der Waals surface area contributed by atoms with Gasteiger partial charge in [-0.05, 0) is 55.4 Å². The number of alkyl halides is 3. The number of aromatic nitrogens is 2. The summed E-state index contributed by atoms with van der Waals surface area (Å²) in [6.45, 7) is 0. The van der Waals surface area contributed by atoms with Crippen LogP contribution in [-0.2, 0) is 11.0 Å². The molecular weight excluding hydrogens is 363 g/mol. The lowest BCUT2D eigenvalue weighted by Gasteiger charge is -2.12. The number of carboxylic acid groups (broad SMARTS) is 1. The molecule has 1 aromatic heterocycles. The van der Waals surface area contributed by atoms with Crippen molar-refractivity contribution in [2.45, 2.75) is 25.4 Å². The van der Waals surface area contributed by atoms with Crippen LogP contribution in [0, 0.1) is 17.8 Å². The number of rotatable bonds is 5. The maximum atomic E-state index is 13.3. The summed E-state index contributed by atoms with van der Waals surface area (Å²) < 4.78 is 40.3. The Hall–Kier alpha value is -2.84. The molecule has 142 valence electrons. The Labute approximate surface area is 152 Å². The Morgan fingerprint density at radius 3 is 2.41 bits per heavy atom. The fraction of sp³-hybridized carbons (Fsp3) is 0.389. The van der Waals surface area contributed by atoms with E-state index >= 15 is 0 Å². The molecule has 2 N–H and O–H groups in total. The second kappa shape index (κ2) is 6.11. The molecule has 27 heavy (non-hydrogen) atoms. The second-order valence-electron chi connectivity index (χ2n) is 7.00. The molecule has 2 unspecified atom stereocenters. The zero-order valence-corrected chi connectivity index (χ0v) is 14.0. The quantitative estimate of drug-likeness (QED) is 0.832. The Kier molecular flexibility index (Phi) is 3.97. The molecule has 2 aliphatic carbocycles. The predicted molar refractivity (Wildman–Crippen MR) is 88.5 cm³/mol. The molecule has 0 radical (unpaired) electrons. The molecule has 2 atom stereocenters. The smallest absolute Gasteiger partial charge is 0.434 e. The molecule has 9 heteroatoms. The number of nitrogens with zero attached hydrogens (tertiary/aromatic N) is 2. The average Bonchev–Trinajstić information content (AvgIpc) is 3.49. The van der Waals surface area contributed by atoms with Crippen molar-refractivity contribution in [2.75, 3.05) is 5.32 Å². The van der Waals surface area contributed by atoms with Gasteiger partial charge in [0.2, 0.25) is 5.91 Å².